The van der Waals surface area contributed by atoms with Crippen LogP contribution in [0.5, 0.6) is 5.75 Å². The second kappa shape index (κ2) is 6.50. The van der Waals surface area contributed by atoms with Crippen LogP contribution in [0, 0.1) is 12.8 Å². The Hall–Kier alpha value is -2.57. The van der Waals surface area contributed by atoms with E-state index in [-0.39, 0.29) is 5.56 Å². The number of ether oxygens (including phenoxy) is 1. The number of rotatable bonds is 4. The number of hydrogen-bond acceptors (Lipinski definition) is 4. The van der Waals surface area contributed by atoms with Crippen molar-refractivity contribution in [3.8, 4) is 11.4 Å². The van der Waals surface area contributed by atoms with Gasteiger partial charge in [0.2, 0.25) is 0 Å². The van der Waals surface area contributed by atoms with Crippen molar-refractivity contribution >= 4 is 45.1 Å². The van der Waals surface area contributed by atoms with Gasteiger partial charge in [0.25, 0.3) is 5.56 Å². The zero-order chi connectivity index (χ0) is 19.4. The number of nitrogens with zero attached hydrogens (tertiary/aromatic N) is 3. The molecule has 5 rings (SSSR count). The van der Waals surface area contributed by atoms with Crippen LogP contribution in [0.3, 0.4) is 0 Å². The molecule has 0 bridgehead atoms. The highest BCUT2D eigenvalue weighted by atomic mass is 35.5. The first-order valence-electron chi connectivity index (χ1n) is 9.02. The third-order valence-electron chi connectivity index (χ3n) is 4.95. The van der Waals surface area contributed by atoms with Crippen LogP contribution in [0.15, 0.2) is 35.1 Å². The van der Waals surface area contributed by atoms with Crippen LogP contribution in [-0.4, -0.2) is 26.4 Å². The number of aromatic amines is 1. The van der Waals surface area contributed by atoms with Crippen molar-refractivity contribution in [2.75, 3.05) is 6.61 Å². The zero-order valence-electron chi connectivity index (χ0n) is 15.0. The number of aromatic nitrogens is 4. The molecule has 0 atom stereocenters. The number of fused-ring (bicyclic) bond motifs is 3. The lowest BCUT2D eigenvalue weighted by Gasteiger charge is -2.11. The van der Waals surface area contributed by atoms with Crippen LogP contribution in [0.1, 0.15) is 18.5 Å². The van der Waals surface area contributed by atoms with Gasteiger partial charge in [0.05, 0.1) is 33.9 Å². The molecule has 1 fully saturated rings. The average molecular weight is 415 g/mol. The van der Waals surface area contributed by atoms with Crippen molar-refractivity contribution in [3.63, 3.8) is 0 Å². The topological polar surface area (TPSA) is 72.8 Å². The van der Waals surface area contributed by atoms with E-state index in [2.05, 4.69) is 15.1 Å². The molecule has 0 saturated heterocycles. The van der Waals surface area contributed by atoms with Gasteiger partial charge in [-0.05, 0) is 49.9 Å². The monoisotopic (exact) mass is 414 g/mol. The van der Waals surface area contributed by atoms with Crippen LogP contribution in [0.2, 0.25) is 10.2 Å². The first-order chi connectivity index (χ1) is 13.5. The first kappa shape index (κ1) is 17.5. The normalized spacial score (nSPS) is 14.1. The van der Waals surface area contributed by atoms with Gasteiger partial charge in [-0.25, -0.2) is 9.67 Å². The summed E-state index contributed by atoms with van der Waals surface area (Å²) in [6, 6.07) is 8.83. The molecular weight excluding hydrogens is 399 g/mol. The lowest BCUT2D eigenvalue weighted by molar-refractivity contribution is 0.299. The van der Waals surface area contributed by atoms with Crippen molar-refractivity contribution in [2.24, 2.45) is 5.92 Å². The summed E-state index contributed by atoms with van der Waals surface area (Å²) in [5.74, 6) is 1.36. The number of pyridine rings is 2. The highest BCUT2D eigenvalue weighted by Gasteiger charge is 2.23. The van der Waals surface area contributed by atoms with Crippen LogP contribution in [0.25, 0.3) is 27.6 Å². The summed E-state index contributed by atoms with van der Waals surface area (Å²) in [6.45, 7) is 2.48. The van der Waals surface area contributed by atoms with E-state index < -0.39 is 0 Å². The molecule has 0 aliphatic heterocycles. The molecule has 6 nitrogen and oxygen atoms in total. The summed E-state index contributed by atoms with van der Waals surface area (Å²) < 4.78 is 7.54. The highest BCUT2D eigenvalue weighted by Crippen LogP contribution is 2.33. The number of H-pyrrole nitrogens is 1. The van der Waals surface area contributed by atoms with Crippen LogP contribution >= 0.6 is 23.2 Å². The average Bonchev–Trinajstić information content (AvgIpc) is 3.43. The number of aryl methyl sites for hydroxylation is 1. The number of nitrogens with one attached hydrogen (secondary N) is 1. The molecule has 1 aromatic carbocycles. The Kier molecular flexibility index (Phi) is 4.07. The first-order valence-corrected chi connectivity index (χ1v) is 9.77. The lowest BCUT2D eigenvalue weighted by atomic mass is 10.2. The van der Waals surface area contributed by atoms with E-state index in [4.69, 9.17) is 27.9 Å². The third kappa shape index (κ3) is 2.93. The third-order valence-corrected chi connectivity index (χ3v) is 5.48. The van der Waals surface area contributed by atoms with Gasteiger partial charge in [0.15, 0.2) is 0 Å². The maximum Gasteiger partial charge on any atom is 0.259 e. The van der Waals surface area contributed by atoms with E-state index >= 15 is 0 Å². The smallest absolute Gasteiger partial charge is 0.259 e. The van der Waals surface area contributed by atoms with Crippen molar-refractivity contribution in [2.45, 2.75) is 19.8 Å². The van der Waals surface area contributed by atoms with Crippen molar-refractivity contribution < 1.29 is 4.74 Å². The summed E-state index contributed by atoms with van der Waals surface area (Å²) in [7, 11) is 0. The maximum atomic E-state index is 12.7. The molecule has 0 radical (unpaired) electrons. The fourth-order valence-electron chi connectivity index (χ4n) is 3.34. The molecule has 0 amide bonds. The molecule has 142 valence electrons. The molecule has 8 heteroatoms. The van der Waals surface area contributed by atoms with Crippen LogP contribution < -0.4 is 10.3 Å². The fraction of sp³-hybridized carbons (Fsp3) is 0.250. The van der Waals surface area contributed by atoms with Gasteiger partial charge < -0.3 is 9.72 Å². The second-order valence-electron chi connectivity index (χ2n) is 7.07. The minimum absolute atomic E-state index is 0.229. The van der Waals surface area contributed by atoms with Crippen molar-refractivity contribution in [3.05, 3.63) is 56.6 Å². The Morgan fingerprint density at radius 2 is 2.07 bits per heavy atom. The van der Waals surface area contributed by atoms with E-state index in [0.29, 0.717) is 61.8 Å². The standard InChI is InChI=1S/C20H16Cl2N4O2/c1-10-17-19(18-14(23-20(17)27)6-7-16(22)24-18)26(25-10)15-8-12(4-5-13(15)21)28-9-11-2-3-11/h4-8,11H,2-3,9H2,1H3,(H,23,27). The molecular formula is C20H16Cl2N4O2. The minimum Gasteiger partial charge on any atom is -0.493 e. The van der Waals surface area contributed by atoms with Gasteiger partial charge in [0, 0.05) is 6.07 Å². The summed E-state index contributed by atoms with van der Waals surface area (Å²) in [5, 5.41) is 5.88. The quantitative estimate of drug-likeness (QED) is 0.492. The molecule has 3 aromatic heterocycles. The largest absolute Gasteiger partial charge is 0.493 e. The van der Waals surface area contributed by atoms with Gasteiger partial charge in [-0.15, -0.1) is 0 Å². The highest BCUT2D eigenvalue weighted by molar-refractivity contribution is 6.32. The molecule has 3 heterocycles. The van der Waals surface area contributed by atoms with Gasteiger partial charge in [0.1, 0.15) is 21.9 Å². The summed E-state index contributed by atoms with van der Waals surface area (Å²) in [4.78, 5) is 19.9. The molecule has 28 heavy (non-hydrogen) atoms. The molecule has 4 aromatic rings. The zero-order valence-corrected chi connectivity index (χ0v) is 16.5. The summed E-state index contributed by atoms with van der Waals surface area (Å²) in [6.07, 6.45) is 2.43. The van der Waals surface area contributed by atoms with E-state index in [1.54, 1.807) is 29.8 Å². The Balaban J connectivity index is 1.77. The Labute approximate surface area is 170 Å². The molecule has 0 unspecified atom stereocenters. The molecule has 1 N–H and O–H groups in total. The van der Waals surface area contributed by atoms with Gasteiger partial charge in [-0.2, -0.15) is 5.10 Å². The summed E-state index contributed by atoms with van der Waals surface area (Å²) >= 11 is 12.6. The predicted octanol–water partition coefficient (Wildman–Crippen LogP) is 4.67. The van der Waals surface area contributed by atoms with E-state index in [0.717, 1.165) is 0 Å². The Bertz CT molecular complexity index is 1290. The number of halogens is 2. The maximum absolute atomic E-state index is 12.7. The van der Waals surface area contributed by atoms with E-state index in [9.17, 15) is 4.79 Å². The molecule has 1 aliphatic rings. The van der Waals surface area contributed by atoms with Crippen LogP contribution in [0.4, 0.5) is 0 Å². The van der Waals surface area contributed by atoms with Gasteiger partial charge in [-0.1, -0.05) is 23.2 Å². The Morgan fingerprint density at radius 1 is 1.25 bits per heavy atom. The minimum atomic E-state index is -0.229. The predicted molar refractivity (Wildman–Crippen MR) is 110 cm³/mol. The molecule has 1 saturated carbocycles. The Morgan fingerprint density at radius 3 is 2.86 bits per heavy atom. The van der Waals surface area contributed by atoms with E-state index in [1.165, 1.54) is 12.8 Å². The lowest BCUT2D eigenvalue weighted by Crippen LogP contribution is -2.08. The van der Waals surface area contributed by atoms with Gasteiger partial charge >= 0.3 is 0 Å². The molecule has 1 aliphatic carbocycles. The van der Waals surface area contributed by atoms with Crippen molar-refractivity contribution in [1.29, 1.82) is 0 Å². The van der Waals surface area contributed by atoms with Crippen molar-refractivity contribution in [1.82, 2.24) is 19.7 Å². The van der Waals surface area contributed by atoms with Gasteiger partial charge in [-0.3, -0.25) is 4.79 Å². The summed E-state index contributed by atoms with van der Waals surface area (Å²) in [5.41, 5.74) is 2.69. The number of benzene rings is 1. The number of hydrogen-bond donors (Lipinski definition) is 1. The fourth-order valence-corrected chi connectivity index (χ4v) is 3.68. The SMILES string of the molecule is Cc1nn(-c2cc(OCC3CC3)ccc2Cl)c2c1c(=O)[nH]c1ccc(Cl)nc12. The molecule has 0 spiro atoms. The van der Waals surface area contributed by atoms with Crippen LogP contribution in [-0.2, 0) is 0 Å². The second-order valence-corrected chi connectivity index (χ2v) is 7.87. The van der Waals surface area contributed by atoms with E-state index in [1.807, 2.05) is 12.1 Å².